The van der Waals surface area contributed by atoms with Gasteiger partial charge in [0.2, 0.25) is 5.91 Å². The van der Waals surface area contributed by atoms with Crippen LogP contribution in [0.5, 0.6) is 0 Å². The number of amides is 1. The van der Waals surface area contributed by atoms with E-state index < -0.39 is 0 Å². The highest BCUT2D eigenvalue weighted by Gasteiger charge is 2.24. The number of guanidine groups is 1. The van der Waals surface area contributed by atoms with Crippen LogP contribution < -0.4 is 10.6 Å². The number of nitrogens with one attached hydrogen (secondary N) is 2. The number of benzene rings is 1. The van der Waals surface area contributed by atoms with Crippen molar-refractivity contribution in [3.63, 3.8) is 0 Å². The molecule has 0 aromatic heterocycles. The third-order valence-corrected chi connectivity index (χ3v) is 6.29. The van der Waals surface area contributed by atoms with Crippen molar-refractivity contribution >= 4 is 35.8 Å². The summed E-state index contributed by atoms with van der Waals surface area (Å²) in [6.45, 7) is 10.2. The maximum absolute atomic E-state index is 11.6. The molecule has 0 radical (unpaired) electrons. The Labute approximate surface area is 198 Å². The van der Waals surface area contributed by atoms with E-state index in [1.165, 1.54) is 11.1 Å². The van der Waals surface area contributed by atoms with Crippen LogP contribution in [0.3, 0.4) is 0 Å². The van der Waals surface area contributed by atoms with Gasteiger partial charge < -0.3 is 15.5 Å². The first-order valence-corrected chi connectivity index (χ1v) is 11.1. The Morgan fingerprint density at radius 2 is 1.90 bits per heavy atom. The average Bonchev–Trinajstić information content (AvgIpc) is 2.76. The van der Waals surface area contributed by atoms with E-state index in [9.17, 15) is 4.79 Å². The number of halogens is 1. The zero-order valence-corrected chi connectivity index (χ0v) is 21.0. The van der Waals surface area contributed by atoms with Crippen LogP contribution in [0.15, 0.2) is 29.3 Å². The van der Waals surface area contributed by atoms with Crippen molar-refractivity contribution in [2.24, 2.45) is 10.9 Å². The van der Waals surface area contributed by atoms with Crippen LogP contribution in [-0.2, 0) is 17.8 Å². The second kappa shape index (κ2) is 12.5. The number of fused-ring (bicyclic) bond motifs is 1. The van der Waals surface area contributed by atoms with Crippen LogP contribution in [0.4, 0.5) is 0 Å². The summed E-state index contributed by atoms with van der Waals surface area (Å²) in [5, 5.41) is 6.21. The molecule has 1 fully saturated rings. The van der Waals surface area contributed by atoms with Gasteiger partial charge in [0.15, 0.2) is 5.96 Å². The van der Waals surface area contributed by atoms with Crippen molar-refractivity contribution in [1.29, 1.82) is 0 Å². The number of carbonyl (C=O) groups excluding carboxylic acids is 1. The lowest BCUT2D eigenvalue weighted by atomic mass is 9.93. The molecule has 1 aromatic carbocycles. The summed E-state index contributed by atoms with van der Waals surface area (Å²) < 4.78 is 0. The second-order valence-electron chi connectivity index (χ2n) is 8.34. The number of likely N-dealkylation sites (tertiary alicyclic amines) is 1. The molecule has 0 bridgehead atoms. The molecule has 168 valence electrons. The fourth-order valence-corrected chi connectivity index (χ4v) is 4.37. The molecule has 2 heterocycles. The summed E-state index contributed by atoms with van der Waals surface area (Å²) in [5.74, 6) is 1.66. The molecule has 1 unspecified atom stereocenters. The van der Waals surface area contributed by atoms with Crippen LogP contribution in [0.1, 0.15) is 44.2 Å². The summed E-state index contributed by atoms with van der Waals surface area (Å²) in [6.07, 6.45) is 3.88. The molecular formula is C23H38IN5O. The predicted molar refractivity (Wildman–Crippen MR) is 134 cm³/mol. The summed E-state index contributed by atoms with van der Waals surface area (Å²) in [4.78, 5) is 21.5. The van der Waals surface area contributed by atoms with Crippen molar-refractivity contribution in [2.75, 3.05) is 39.8 Å². The highest BCUT2D eigenvalue weighted by Crippen LogP contribution is 2.22. The second-order valence-corrected chi connectivity index (χ2v) is 8.34. The van der Waals surface area contributed by atoms with Gasteiger partial charge in [0.05, 0.1) is 6.54 Å². The Morgan fingerprint density at radius 1 is 1.20 bits per heavy atom. The minimum absolute atomic E-state index is 0. The minimum Gasteiger partial charge on any atom is -0.359 e. The molecule has 0 saturated carbocycles. The summed E-state index contributed by atoms with van der Waals surface area (Å²) in [5.41, 5.74) is 2.95. The van der Waals surface area contributed by atoms with Gasteiger partial charge in [0.1, 0.15) is 0 Å². The molecule has 2 N–H and O–H groups in total. The van der Waals surface area contributed by atoms with Crippen molar-refractivity contribution in [3.05, 3.63) is 35.4 Å². The lowest BCUT2D eigenvalue weighted by Gasteiger charge is -2.35. The van der Waals surface area contributed by atoms with Gasteiger partial charge in [-0.3, -0.25) is 14.7 Å². The highest BCUT2D eigenvalue weighted by atomic mass is 127. The van der Waals surface area contributed by atoms with E-state index in [-0.39, 0.29) is 29.9 Å². The molecule has 1 amide bonds. The molecule has 3 rings (SSSR count). The van der Waals surface area contributed by atoms with E-state index in [4.69, 9.17) is 4.99 Å². The highest BCUT2D eigenvalue weighted by molar-refractivity contribution is 14.0. The zero-order chi connectivity index (χ0) is 20.6. The largest absolute Gasteiger partial charge is 0.359 e. The normalized spacial score (nSPS) is 18.9. The first-order chi connectivity index (χ1) is 14.1. The zero-order valence-electron chi connectivity index (χ0n) is 18.7. The summed E-state index contributed by atoms with van der Waals surface area (Å²) >= 11 is 0. The standard InChI is InChI=1S/C23H37N5O.HI/c1-4-25-23(27-12-9-19(10-13-27)15-22(29)24-3)26-16-18(2)28-14-11-20-7-5-6-8-21(20)17-28;/h5-8,18-19H,4,9-17H2,1-3H3,(H,24,29)(H,25,26);1H. The minimum atomic E-state index is 0. The van der Waals surface area contributed by atoms with Gasteiger partial charge in [-0.1, -0.05) is 24.3 Å². The van der Waals surface area contributed by atoms with Crippen LogP contribution in [0, 0.1) is 5.92 Å². The Bertz CT molecular complexity index is 703. The molecule has 0 aliphatic carbocycles. The average molecular weight is 527 g/mol. The van der Waals surface area contributed by atoms with Crippen LogP contribution in [-0.4, -0.2) is 67.5 Å². The monoisotopic (exact) mass is 527 g/mol. The Balaban J connectivity index is 0.00000320. The third kappa shape index (κ3) is 6.83. The molecule has 6 nitrogen and oxygen atoms in total. The number of piperidine rings is 1. The molecule has 1 saturated heterocycles. The van der Waals surface area contributed by atoms with Gasteiger partial charge in [-0.05, 0) is 50.2 Å². The Morgan fingerprint density at radius 3 is 2.57 bits per heavy atom. The maximum Gasteiger partial charge on any atom is 0.220 e. The van der Waals surface area contributed by atoms with Crippen LogP contribution in [0.25, 0.3) is 0 Å². The number of aliphatic imine (C=N–C) groups is 1. The van der Waals surface area contributed by atoms with E-state index in [1.54, 1.807) is 7.05 Å². The Kier molecular flexibility index (Phi) is 10.4. The smallest absolute Gasteiger partial charge is 0.220 e. The lowest BCUT2D eigenvalue weighted by molar-refractivity contribution is -0.121. The van der Waals surface area contributed by atoms with Crippen molar-refractivity contribution in [1.82, 2.24) is 20.4 Å². The van der Waals surface area contributed by atoms with Crippen molar-refractivity contribution in [2.45, 2.75) is 52.1 Å². The number of hydrogen-bond donors (Lipinski definition) is 2. The predicted octanol–water partition coefficient (Wildman–Crippen LogP) is 2.86. The van der Waals surface area contributed by atoms with Crippen LogP contribution in [0.2, 0.25) is 0 Å². The van der Waals surface area contributed by atoms with Crippen LogP contribution >= 0.6 is 24.0 Å². The van der Waals surface area contributed by atoms with E-state index in [2.05, 4.69) is 58.5 Å². The lowest BCUT2D eigenvalue weighted by Crippen LogP contribution is -2.47. The SMILES string of the molecule is CCNC(=NCC(C)N1CCc2ccccc2C1)N1CCC(CC(=O)NC)CC1.I. The molecule has 1 atom stereocenters. The van der Waals surface area contributed by atoms with Crippen molar-refractivity contribution < 1.29 is 4.79 Å². The number of nitrogens with zero attached hydrogens (tertiary/aromatic N) is 3. The topological polar surface area (TPSA) is 60.0 Å². The van der Waals surface area contributed by atoms with Gasteiger partial charge in [0.25, 0.3) is 0 Å². The molecule has 2 aliphatic heterocycles. The first kappa shape index (κ1) is 24.9. The van der Waals surface area contributed by atoms with E-state index in [1.807, 2.05) is 0 Å². The number of carbonyl (C=O) groups is 1. The number of hydrogen-bond acceptors (Lipinski definition) is 3. The maximum atomic E-state index is 11.6. The fraction of sp³-hybridized carbons (Fsp3) is 0.652. The molecule has 7 heteroatoms. The van der Waals surface area contributed by atoms with Gasteiger partial charge in [-0.25, -0.2) is 0 Å². The fourth-order valence-electron chi connectivity index (χ4n) is 4.37. The van der Waals surface area contributed by atoms with Gasteiger partial charge in [-0.15, -0.1) is 24.0 Å². The van der Waals surface area contributed by atoms with Gasteiger partial charge >= 0.3 is 0 Å². The quantitative estimate of drug-likeness (QED) is 0.340. The van der Waals surface area contributed by atoms with E-state index in [0.717, 1.165) is 64.5 Å². The molecule has 30 heavy (non-hydrogen) atoms. The molecule has 0 spiro atoms. The molecular weight excluding hydrogens is 489 g/mol. The van der Waals surface area contributed by atoms with Gasteiger partial charge in [0, 0.05) is 52.2 Å². The first-order valence-electron chi connectivity index (χ1n) is 11.1. The summed E-state index contributed by atoms with van der Waals surface area (Å²) in [6, 6.07) is 9.21. The molecule has 2 aliphatic rings. The van der Waals surface area contributed by atoms with E-state index in [0.29, 0.717) is 18.4 Å². The Hall–Kier alpha value is -1.35. The van der Waals surface area contributed by atoms with Crippen molar-refractivity contribution in [3.8, 4) is 0 Å². The van der Waals surface area contributed by atoms with E-state index >= 15 is 0 Å². The summed E-state index contributed by atoms with van der Waals surface area (Å²) in [7, 11) is 1.72. The van der Waals surface area contributed by atoms with Gasteiger partial charge in [-0.2, -0.15) is 0 Å². The third-order valence-electron chi connectivity index (χ3n) is 6.29. The molecule has 1 aromatic rings. The number of rotatable bonds is 6.